The average Bonchev–Trinajstić information content (AvgIpc) is 2.28. The van der Waals surface area contributed by atoms with Gasteiger partial charge in [0.15, 0.2) is 0 Å². The summed E-state index contributed by atoms with van der Waals surface area (Å²) < 4.78 is 5.51. The van der Waals surface area contributed by atoms with E-state index >= 15 is 0 Å². The summed E-state index contributed by atoms with van der Waals surface area (Å²) in [7, 11) is 0. The van der Waals surface area contributed by atoms with Gasteiger partial charge >= 0.3 is 0 Å². The maximum absolute atomic E-state index is 6.30. The molecular weight excluding hydrogens is 222 g/mol. The van der Waals surface area contributed by atoms with Crippen molar-refractivity contribution in [2.75, 3.05) is 6.61 Å². The Morgan fingerprint density at radius 1 is 1.28 bits per heavy atom. The summed E-state index contributed by atoms with van der Waals surface area (Å²) in [6.45, 7) is 11.8. The molecule has 0 spiro atoms. The molecule has 0 radical (unpaired) electrons. The molecule has 0 aromatic heterocycles. The zero-order valence-corrected chi connectivity index (χ0v) is 12.4. The molecule has 18 heavy (non-hydrogen) atoms. The number of hydrogen-bond acceptors (Lipinski definition) is 2. The van der Waals surface area contributed by atoms with Gasteiger partial charge in [0, 0.05) is 6.04 Å². The average molecular weight is 249 g/mol. The van der Waals surface area contributed by atoms with Crippen LogP contribution in [0, 0.1) is 11.3 Å². The molecule has 102 valence electrons. The first kappa shape index (κ1) is 15.0. The molecule has 0 heterocycles. The Hall–Kier alpha value is -1.02. The summed E-state index contributed by atoms with van der Waals surface area (Å²) >= 11 is 0. The number of benzene rings is 1. The van der Waals surface area contributed by atoms with Crippen LogP contribution in [-0.2, 0) is 0 Å². The van der Waals surface area contributed by atoms with Crippen molar-refractivity contribution >= 4 is 0 Å². The van der Waals surface area contributed by atoms with Gasteiger partial charge in [-0.2, -0.15) is 0 Å². The second-order valence-corrected chi connectivity index (χ2v) is 6.11. The molecule has 2 N–H and O–H groups in total. The molecule has 2 unspecified atom stereocenters. The number of rotatable bonds is 5. The second kappa shape index (κ2) is 6.24. The molecule has 0 bridgehead atoms. The van der Waals surface area contributed by atoms with Crippen molar-refractivity contribution in [1.29, 1.82) is 0 Å². The van der Waals surface area contributed by atoms with Crippen molar-refractivity contribution in [1.82, 2.24) is 0 Å². The smallest absolute Gasteiger partial charge is 0.119 e. The van der Waals surface area contributed by atoms with Crippen LogP contribution in [0.2, 0.25) is 0 Å². The standard InChI is InChI=1S/C16H27NO/c1-6-18-14-9-7-8-13(11-14)15(17)10-12(2)16(3,4)5/h7-9,11-12,15H,6,10,17H2,1-5H3. The van der Waals surface area contributed by atoms with Gasteiger partial charge in [0.2, 0.25) is 0 Å². The zero-order valence-electron chi connectivity index (χ0n) is 12.4. The lowest BCUT2D eigenvalue weighted by molar-refractivity contribution is 0.233. The fourth-order valence-electron chi connectivity index (χ4n) is 1.87. The number of ether oxygens (including phenoxy) is 1. The van der Waals surface area contributed by atoms with Crippen LogP contribution < -0.4 is 10.5 Å². The van der Waals surface area contributed by atoms with Gasteiger partial charge in [-0.3, -0.25) is 0 Å². The summed E-state index contributed by atoms with van der Waals surface area (Å²) in [5.74, 6) is 1.50. The third-order valence-electron chi connectivity index (χ3n) is 3.68. The maximum Gasteiger partial charge on any atom is 0.119 e. The Labute approximate surface area is 112 Å². The highest BCUT2D eigenvalue weighted by molar-refractivity contribution is 5.30. The Kier molecular flexibility index (Phi) is 5.21. The van der Waals surface area contributed by atoms with E-state index in [1.807, 2.05) is 19.1 Å². The second-order valence-electron chi connectivity index (χ2n) is 6.11. The largest absolute Gasteiger partial charge is 0.494 e. The molecule has 0 saturated heterocycles. The van der Waals surface area contributed by atoms with Crippen molar-refractivity contribution in [3.8, 4) is 5.75 Å². The summed E-state index contributed by atoms with van der Waals surface area (Å²) in [5.41, 5.74) is 7.77. The van der Waals surface area contributed by atoms with Crippen LogP contribution in [0.3, 0.4) is 0 Å². The summed E-state index contributed by atoms with van der Waals surface area (Å²) in [6, 6.07) is 8.22. The third kappa shape index (κ3) is 4.34. The van der Waals surface area contributed by atoms with Crippen LogP contribution in [0.4, 0.5) is 0 Å². The van der Waals surface area contributed by atoms with Gasteiger partial charge in [-0.1, -0.05) is 39.8 Å². The van der Waals surface area contributed by atoms with Crippen molar-refractivity contribution in [3.05, 3.63) is 29.8 Å². The van der Waals surface area contributed by atoms with Gasteiger partial charge in [-0.15, -0.1) is 0 Å². The molecule has 0 aliphatic carbocycles. The molecule has 2 nitrogen and oxygen atoms in total. The predicted octanol–water partition coefficient (Wildman–Crippen LogP) is 4.16. The highest BCUT2D eigenvalue weighted by Crippen LogP contribution is 2.32. The van der Waals surface area contributed by atoms with E-state index in [1.165, 1.54) is 0 Å². The van der Waals surface area contributed by atoms with E-state index in [0.29, 0.717) is 17.9 Å². The predicted molar refractivity (Wildman–Crippen MR) is 77.8 cm³/mol. The van der Waals surface area contributed by atoms with Gasteiger partial charge in [-0.05, 0) is 42.4 Å². The molecular formula is C16H27NO. The molecule has 2 atom stereocenters. The molecule has 0 aliphatic heterocycles. The molecule has 0 saturated carbocycles. The van der Waals surface area contributed by atoms with E-state index in [-0.39, 0.29) is 6.04 Å². The van der Waals surface area contributed by atoms with E-state index in [0.717, 1.165) is 17.7 Å². The lowest BCUT2D eigenvalue weighted by Crippen LogP contribution is -2.23. The Morgan fingerprint density at radius 3 is 2.50 bits per heavy atom. The van der Waals surface area contributed by atoms with E-state index in [2.05, 4.69) is 39.8 Å². The van der Waals surface area contributed by atoms with Crippen molar-refractivity contribution in [3.63, 3.8) is 0 Å². The summed E-state index contributed by atoms with van der Waals surface area (Å²) in [4.78, 5) is 0. The molecule has 2 heteroatoms. The minimum atomic E-state index is 0.0830. The molecule has 1 rings (SSSR count). The lowest BCUT2D eigenvalue weighted by Gasteiger charge is -2.29. The van der Waals surface area contributed by atoms with Gasteiger partial charge < -0.3 is 10.5 Å². The first-order valence-corrected chi connectivity index (χ1v) is 6.83. The minimum absolute atomic E-state index is 0.0830. The third-order valence-corrected chi connectivity index (χ3v) is 3.68. The van der Waals surface area contributed by atoms with Crippen molar-refractivity contribution in [2.24, 2.45) is 17.1 Å². The summed E-state index contributed by atoms with van der Waals surface area (Å²) in [6.07, 6.45) is 0.999. The minimum Gasteiger partial charge on any atom is -0.494 e. The molecule has 1 aromatic rings. The Bertz CT molecular complexity index is 368. The normalized spacial score (nSPS) is 15.2. The SMILES string of the molecule is CCOc1cccc(C(N)CC(C)C(C)(C)C)c1. The Morgan fingerprint density at radius 2 is 1.94 bits per heavy atom. The molecule has 0 aliphatic rings. The van der Waals surface area contributed by atoms with E-state index < -0.39 is 0 Å². The number of hydrogen-bond donors (Lipinski definition) is 1. The highest BCUT2D eigenvalue weighted by Gasteiger charge is 2.22. The summed E-state index contributed by atoms with van der Waals surface area (Å²) in [5, 5.41) is 0. The quantitative estimate of drug-likeness (QED) is 0.850. The van der Waals surface area contributed by atoms with Crippen LogP contribution >= 0.6 is 0 Å². The van der Waals surface area contributed by atoms with Gasteiger partial charge in [0.1, 0.15) is 5.75 Å². The molecule has 0 fully saturated rings. The van der Waals surface area contributed by atoms with Crippen LogP contribution in [0.5, 0.6) is 5.75 Å². The maximum atomic E-state index is 6.30. The van der Waals surface area contributed by atoms with Crippen LogP contribution in [0.15, 0.2) is 24.3 Å². The van der Waals surface area contributed by atoms with Crippen LogP contribution in [0.25, 0.3) is 0 Å². The first-order chi connectivity index (χ1) is 8.34. The van der Waals surface area contributed by atoms with Gasteiger partial charge in [0.05, 0.1) is 6.61 Å². The van der Waals surface area contributed by atoms with Gasteiger partial charge in [0.25, 0.3) is 0 Å². The van der Waals surface area contributed by atoms with Crippen LogP contribution in [-0.4, -0.2) is 6.61 Å². The zero-order chi connectivity index (χ0) is 13.8. The van der Waals surface area contributed by atoms with Crippen LogP contribution in [0.1, 0.15) is 52.6 Å². The number of nitrogens with two attached hydrogens (primary N) is 1. The molecule has 1 aromatic carbocycles. The first-order valence-electron chi connectivity index (χ1n) is 6.83. The fourth-order valence-corrected chi connectivity index (χ4v) is 1.87. The van der Waals surface area contributed by atoms with Crippen molar-refractivity contribution < 1.29 is 4.74 Å². The molecule has 0 amide bonds. The monoisotopic (exact) mass is 249 g/mol. The topological polar surface area (TPSA) is 35.2 Å². The van der Waals surface area contributed by atoms with E-state index in [4.69, 9.17) is 10.5 Å². The van der Waals surface area contributed by atoms with Gasteiger partial charge in [-0.25, -0.2) is 0 Å². The lowest BCUT2D eigenvalue weighted by atomic mass is 9.78. The highest BCUT2D eigenvalue weighted by atomic mass is 16.5. The Balaban J connectivity index is 2.72. The fraction of sp³-hybridized carbons (Fsp3) is 0.625. The van der Waals surface area contributed by atoms with E-state index in [1.54, 1.807) is 0 Å². The van der Waals surface area contributed by atoms with E-state index in [9.17, 15) is 0 Å². The van der Waals surface area contributed by atoms with Crippen molar-refractivity contribution in [2.45, 2.75) is 47.1 Å².